The smallest absolute Gasteiger partial charge is 0.178 e. The SMILES string of the molecule is CCn1cnnc1Cn1c(=S)[nH]c2cc(I)ccc21. The zero-order chi connectivity index (χ0) is 13.4. The summed E-state index contributed by atoms with van der Waals surface area (Å²) >= 11 is 7.69. The predicted molar refractivity (Wildman–Crippen MR) is 84.6 cm³/mol. The van der Waals surface area contributed by atoms with Crippen molar-refractivity contribution in [2.24, 2.45) is 0 Å². The second-order valence-electron chi connectivity index (χ2n) is 4.21. The first-order valence-corrected chi connectivity index (χ1v) is 7.42. The van der Waals surface area contributed by atoms with Crippen molar-refractivity contribution in [3.63, 3.8) is 0 Å². The number of halogens is 1. The predicted octanol–water partition coefficient (Wildman–Crippen LogP) is 2.96. The van der Waals surface area contributed by atoms with Gasteiger partial charge in [0.1, 0.15) is 6.33 Å². The van der Waals surface area contributed by atoms with Gasteiger partial charge in [0.2, 0.25) is 0 Å². The van der Waals surface area contributed by atoms with Gasteiger partial charge in [0.25, 0.3) is 0 Å². The molecule has 0 saturated heterocycles. The summed E-state index contributed by atoms with van der Waals surface area (Å²) in [6.45, 7) is 3.56. The molecular formula is C12H12IN5S. The molecule has 0 amide bonds. The summed E-state index contributed by atoms with van der Waals surface area (Å²) in [6, 6.07) is 6.25. The Kier molecular flexibility index (Phi) is 3.40. The van der Waals surface area contributed by atoms with Gasteiger partial charge in [-0.15, -0.1) is 10.2 Å². The summed E-state index contributed by atoms with van der Waals surface area (Å²) in [5.41, 5.74) is 2.15. The van der Waals surface area contributed by atoms with Crippen LogP contribution in [0.25, 0.3) is 11.0 Å². The molecule has 0 aliphatic carbocycles. The molecule has 0 aliphatic heterocycles. The molecule has 98 valence electrons. The maximum atomic E-state index is 5.40. The van der Waals surface area contributed by atoms with E-state index in [-0.39, 0.29) is 0 Å². The number of aromatic amines is 1. The number of hydrogen-bond donors (Lipinski definition) is 1. The Bertz CT molecular complexity index is 785. The van der Waals surface area contributed by atoms with E-state index in [0.717, 1.165) is 23.4 Å². The molecule has 0 radical (unpaired) electrons. The molecule has 2 heterocycles. The minimum absolute atomic E-state index is 0.632. The number of imidazole rings is 1. The molecule has 0 bridgehead atoms. The summed E-state index contributed by atoms with van der Waals surface area (Å²) in [6.07, 6.45) is 1.75. The van der Waals surface area contributed by atoms with E-state index in [1.165, 1.54) is 3.57 Å². The lowest BCUT2D eigenvalue weighted by Gasteiger charge is -2.05. The van der Waals surface area contributed by atoms with Crippen LogP contribution in [0, 0.1) is 8.34 Å². The van der Waals surface area contributed by atoms with E-state index in [1.54, 1.807) is 6.33 Å². The molecule has 1 aromatic carbocycles. The van der Waals surface area contributed by atoms with Gasteiger partial charge in [-0.25, -0.2) is 0 Å². The topological polar surface area (TPSA) is 51.4 Å². The summed E-state index contributed by atoms with van der Waals surface area (Å²) in [5.74, 6) is 0.915. The van der Waals surface area contributed by atoms with Crippen LogP contribution < -0.4 is 0 Å². The highest BCUT2D eigenvalue weighted by Crippen LogP contribution is 2.18. The van der Waals surface area contributed by atoms with Crippen LogP contribution in [0.15, 0.2) is 24.5 Å². The van der Waals surface area contributed by atoms with Crippen molar-refractivity contribution in [2.75, 3.05) is 0 Å². The number of aromatic nitrogens is 5. The molecule has 7 heteroatoms. The number of rotatable bonds is 3. The highest BCUT2D eigenvalue weighted by atomic mass is 127. The molecule has 3 rings (SSSR count). The van der Waals surface area contributed by atoms with Crippen molar-refractivity contribution in [3.05, 3.63) is 38.7 Å². The molecule has 0 atom stereocenters. The number of fused-ring (bicyclic) bond motifs is 1. The average Bonchev–Trinajstić information content (AvgIpc) is 2.95. The molecule has 2 aromatic heterocycles. The minimum atomic E-state index is 0.632. The largest absolute Gasteiger partial charge is 0.331 e. The van der Waals surface area contributed by atoms with Crippen LogP contribution in [0.5, 0.6) is 0 Å². The Balaban J connectivity index is 2.10. The van der Waals surface area contributed by atoms with E-state index in [0.29, 0.717) is 11.3 Å². The lowest BCUT2D eigenvalue weighted by Crippen LogP contribution is -2.07. The fourth-order valence-corrected chi connectivity index (χ4v) is 2.86. The monoisotopic (exact) mass is 385 g/mol. The number of H-pyrrole nitrogens is 1. The third kappa shape index (κ3) is 2.32. The van der Waals surface area contributed by atoms with E-state index in [2.05, 4.69) is 67.5 Å². The lowest BCUT2D eigenvalue weighted by molar-refractivity contribution is 0.655. The Labute approximate surface area is 128 Å². The molecule has 3 aromatic rings. The molecule has 0 unspecified atom stereocenters. The van der Waals surface area contributed by atoms with Gasteiger partial charge in [0, 0.05) is 10.1 Å². The number of benzene rings is 1. The summed E-state index contributed by atoms with van der Waals surface area (Å²) in [7, 11) is 0. The van der Waals surface area contributed by atoms with Gasteiger partial charge in [-0.1, -0.05) is 0 Å². The van der Waals surface area contributed by atoms with Crippen LogP contribution in [0.1, 0.15) is 12.7 Å². The minimum Gasteiger partial charge on any atom is -0.331 e. The van der Waals surface area contributed by atoms with Gasteiger partial charge in [0.05, 0.1) is 17.6 Å². The molecule has 19 heavy (non-hydrogen) atoms. The third-order valence-corrected chi connectivity index (χ3v) is 4.07. The number of nitrogens with zero attached hydrogens (tertiary/aromatic N) is 4. The van der Waals surface area contributed by atoms with E-state index in [1.807, 2.05) is 4.57 Å². The normalized spacial score (nSPS) is 11.3. The van der Waals surface area contributed by atoms with Gasteiger partial charge in [0.15, 0.2) is 10.6 Å². The van der Waals surface area contributed by atoms with Crippen molar-refractivity contribution >= 4 is 45.8 Å². The summed E-state index contributed by atoms with van der Waals surface area (Å²) < 4.78 is 5.97. The van der Waals surface area contributed by atoms with Crippen molar-refractivity contribution in [1.29, 1.82) is 0 Å². The molecule has 5 nitrogen and oxygen atoms in total. The van der Waals surface area contributed by atoms with Crippen LogP contribution in [0.4, 0.5) is 0 Å². The average molecular weight is 385 g/mol. The first-order chi connectivity index (χ1) is 9.19. The highest BCUT2D eigenvalue weighted by Gasteiger charge is 2.09. The maximum absolute atomic E-state index is 5.40. The Morgan fingerprint density at radius 3 is 3.05 bits per heavy atom. The lowest BCUT2D eigenvalue weighted by atomic mass is 10.3. The van der Waals surface area contributed by atoms with Gasteiger partial charge in [-0.2, -0.15) is 0 Å². The van der Waals surface area contributed by atoms with Crippen LogP contribution in [0.3, 0.4) is 0 Å². The third-order valence-electron chi connectivity index (χ3n) is 3.07. The zero-order valence-electron chi connectivity index (χ0n) is 10.3. The fourth-order valence-electron chi connectivity index (χ4n) is 2.10. The Morgan fingerprint density at radius 1 is 1.42 bits per heavy atom. The van der Waals surface area contributed by atoms with Crippen molar-refractivity contribution in [1.82, 2.24) is 24.3 Å². The number of hydrogen-bond acceptors (Lipinski definition) is 3. The van der Waals surface area contributed by atoms with Crippen LogP contribution in [0.2, 0.25) is 0 Å². The van der Waals surface area contributed by atoms with E-state index >= 15 is 0 Å². The second-order valence-corrected chi connectivity index (χ2v) is 5.84. The summed E-state index contributed by atoms with van der Waals surface area (Å²) in [4.78, 5) is 3.23. The molecule has 0 aliphatic rings. The highest BCUT2D eigenvalue weighted by molar-refractivity contribution is 14.1. The quantitative estimate of drug-likeness (QED) is 0.557. The first kappa shape index (κ1) is 12.8. The van der Waals surface area contributed by atoms with E-state index in [9.17, 15) is 0 Å². The van der Waals surface area contributed by atoms with Crippen LogP contribution in [-0.2, 0) is 13.1 Å². The molecule has 0 fully saturated rings. The van der Waals surface area contributed by atoms with Crippen molar-refractivity contribution in [3.8, 4) is 0 Å². The van der Waals surface area contributed by atoms with Gasteiger partial charge in [-0.05, 0) is 59.9 Å². The van der Waals surface area contributed by atoms with Crippen LogP contribution >= 0.6 is 34.8 Å². The second kappa shape index (κ2) is 5.04. The Morgan fingerprint density at radius 2 is 2.26 bits per heavy atom. The first-order valence-electron chi connectivity index (χ1n) is 5.94. The van der Waals surface area contributed by atoms with Gasteiger partial charge < -0.3 is 14.1 Å². The maximum Gasteiger partial charge on any atom is 0.178 e. The van der Waals surface area contributed by atoms with Gasteiger partial charge in [-0.3, -0.25) is 0 Å². The zero-order valence-corrected chi connectivity index (χ0v) is 13.3. The van der Waals surface area contributed by atoms with E-state index < -0.39 is 0 Å². The standard InChI is InChI=1S/C12H12IN5S/c1-2-17-7-14-16-11(17)6-18-10-4-3-8(13)5-9(10)15-12(18)19/h3-5,7H,2,6H2,1H3,(H,15,19). The summed E-state index contributed by atoms with van der Waals surface area (Å²) in [5, 5.41) is 8.11. The number of aryl methyl sites for hydroxylation is 1. The van der Waals surface area contributed by atoms with Crippen molar-refractivity contribution in [2.45, 2.75) is 20.0 Å². The molecule has 0 spiro atoms. The van der Waals surface area contributed by atoms with Gasteiger partial charge >= 0.3 is 0 Å². The molecular weight excluding hydrogens is 373 g/mol. The van der Waals surface area contributed by atoms with Crippen LogP contribution in [-0.4, -0.2) is 24.3 Å². The molecule has 1 N–H and O–H groups in total. The molecule has 0 saturated carbocycles. The fraction of sp³-hybridized carbons (Fsp3) is 0.250. The Hall–Kier alpha value is -1.22. The van der Waals surface area contributed by atoms with E-state index in [4.69, 9.17) is 12.2 Å². The number of nitrogens with one attached hydrogen (secondary N) is 1. The van der Waals surface area contributed by atoms with Crippen molar-refractivity contribution < 1.29 is 0 Å².